The predicted octanol–water partition coefficient (Wildman–Crippen LogP) is 3.32. The van der Waals surface area contributed by atoms with Gasteiger partial charge in [-0.2, -0.15) is 5.26 Å². The fraction of sp³-hybridized carbons (Fsp3) is 0.500. The van der Waals surface area contributed by atoms with Crippen molar-refractivity contribution < 1.29 is 4.74 Å². The minimum atomic E-state index is 0.0749. The normalized spacial score (nSPS) is 24.0. The lowest BCUT2D eigenvalue weighted by molar-refractivity contribution is 0.182. The van der Waals surface area contributed by atoms with Gasteiger partial charge < -0.3 is 4.74 Å². The molecular formula is C14H17NO. The van der Waals surface area contributed by atoms with Gasteiger partial charge in [-0.25, -0.2) is 0 Å². The highest BCUT2D eigenvalue weighted by Gasteiger charge is 2.28. The van der Waals surface area contributed by atoms with Crippen LogP contribution in [0.25, 0.3) is 0 Å². The summed E-state index contributed by atoms with van der Waals surface area (Å²) >= 11 is 0. The molecule has 1 aliphatic rings. The largest absolute Gasteiger partial charge is 0.489 e. The first-order valence-electron chi connectivity index (χ1n) is 5.98. The summed E-state index contributed by atoms with van der Waals surface area (Å²) in [5, 5.41) is 8.97. The summed E-state index contributed by atoms with van der Waals surface area (Å²) in [6.07, 6.45) is 4.24. The highest BCUT2D eigenvalue weighted by Crippen LogP contribution is 2.29. The first-order chi connectivity index (χ1) is 7.83. The van der Waals surface area contributed by atoms with E-state index in [1.54, 1.807) is 0 Å². The summed E-state index contributed by atoms with van der Waals surface area (Å²) in [7, 11) is 0. The average Bonchev–Trinajstić information content (AvgIpc) is 2.77. The SMILES string of the molecule is CCc1ccc(OC2CCCC2C#N)cc1. The van der Waals surface area contributed by atoms with Crippen LogP contribution in [0.5, 0.6) is 5.75 Å². The number of nitrogens with zero attached hydrogens (tertiary/aromatic N) is 1. The minimum Gasteiger partial charge on any atom is -0.489 e. The Balaban J connectivity index is 2.01. The minimum absolute atomic E-state index is 0.0749. The summed E-state index contributed by atoms with van der Waals surface area (Å²) in [6.45, 7) is 2.14. The van der Waals surface area contributed by atoms with Crippen molar-refractivity contribution in [2.45, 2.75) is 38.7 Å². The van der Waals surface area contributed by atoms with E-state index in [0.717, 1.165) is 31.4 Å². The molecule has 16 heavy (non-hydrogen) atoms. The third kappa shape index (κ3) is 2.36. The van der Waals surface area contributed by atoms with E-state index in [0.29, 0.717) is 0 Å². The predicted molar refractivity (Wildman–Crippen MR) is 63.2 cm³/mol. The molecule has 0 saturated heterocycles. The topological polar surface area (TPSA) is 33.0 Å². The number of rotatable bonds is 3. The summed E-state index contributed by atoms with van der Waals surface area (Å²) in [5.74, 6) is 0.968. The highest BCUT2D eigenvalue weighted by molar-refractivity contribution is 5.27. The van der Waals surface area contributed by atoms with Gasteiger partial charge in [0.2, 0.25) is 0 Å². The first kappa shape index (κ1) is 11.0. The molecule has 1 aromatic rings. The number of hydrogen-bond acceptors (Lipinski definition) is 2. The molecule has 0 radical (unpaired) electrons. The fourth-order valence-corrected chi connectivity index (χ4v) is 2.19. The fourth-order valence-electron chi connectivity index (χ4n) is 2.19. The maximum absolute atomic E-state index is 8.97. The van der Waals surface area contributed by atoms with Crippen LogP contribution in [-0.2, 0) is 6.42 Å². The van der Waals surface area contributed by atoms with Gasteiger partial charge in [0.25, 0.3) is 0 Å². The van der Waals surface area contributed by atoms with Gasteiger partial charge in [0.05, 0.1) is 12.0 Å². The van der Waals surface area contributed by atoms with E-state index < -0.39 is 0 Å². The second-order valence-electron chi connectivity index (χ2n) is 4.32. The molecule has 2 nitrogen and oxygen atoms in total. The first-order valence-corrected chi connectivity index (χ1v) is 5.98. The molecule has 84 valence electrons. The van der Waals surface area contributed by atoms with Crippen molar-refractivity contribution in [3.63, 3.8) is 0 Å². The molecule has 1 aliphatic carbocycles. The average molecular weight is 215 g/mol. The lowest BCUT2D eigenvalue weighted by Crippen LogP contribution is -2.19. The van der Waals surface area contributed by atoms with Crippen molar-refractivity contribution in [1.29, 1.82) is 5.26 Å². The van der Waals surface area contributed by atoms with Crippen LogP contribution in [0.1, 0.15) is 31.7 Å². The summed E-state index contributed by atoms with van der Waals surface area (Å²) in [4.78, 5) is 0. The lowest BCUT2D eigenvalue weighted by Gasteiger charge is -2.16. The second-order valence-corrected chi connectivity index (χ2v) is 4.32. The maximum Gasteiger partial charge on any atom is 0.119 e. The third-order valence-corrected chi connectivity index (χ3v) is 3.24. The lowest BCUT2D eigenvalue weighted by atomic mass is 10.1. The highest BCUT2D eigenvalue weighted by atomic mass is 16.5. The van der Waals surface area contributed by atoms with Gasteiger partial charge in [-0.1, -0.05) is 19.1 Å². The molecule has 2 heteroatoms. The van der Waals surface area contributed by atoms with Crippen molar-refractivity contribution in [1.82, 2.24) is 0 Å². The number of ether oxygens (including phenoxy) is 1. The molecule has 0 amide bonds. The second kappa shape index (κ2) is 5.03. The Morgan fingerprint density at radius 2 is 2.06 bits per heavy atom. The van der Waals surface area contributed by atoms with E-state index in [1.165, 1.54) is 5.56 Å². The standard InChI is InChI=1S/C14H17NO/c1-2-11-6-8-13(9-7-11)16-14-5-3-4-12(14)10-15/h6-9,12,14H,2-5H2,1H3. The van der Waals surface area contributed by atoms with Gasteiger partial charge >= 0.3 is 0 Å². The van der Waals surface area contributed by atoms with Crippen LogP contribution in [-0.4, -0.2) is 6.10 Å². The van der Waals surface area contributed by atoms with E-state index >= 15 is 0 Å². The van der Waals surface area contributed by atoms with E-state index in [4.69, 9.17) is 10.00 Å². The van der Waals surface area contributed by atoms with Crippen LogP contribution in [0.3, 0.4) is 0 Å². The van der Waals surface area contributed by atoms with E-state index in [2.05, 4.69) is 25.1 Å². The Morgan fingerprint density at radius 3 is 2.69 bits per heavy atom. The van der Waals surface area contributed by atoms with E-state index in [-0.39, 0.29) is 12.0 Å². The molecule has 0 N–H and O–H groups in total. The van der Waals surface area contributed by atoms with Gasteiger partial charge in [-0.05, 0) is 43.4 Å². The van der Waals surface area contributed by atoms with Crippen molar-refractivity contribution in [2.75, 3.05) is 0 Å². The molecule has 0 aromatic heterocycles. The molecule has 0 bridgehead atoms. The summed E-state index contributed by atoms with van der Waals surface area (Å²) in [5.41, 5.74) is 1.32. The molecular weight excluding hydrogens is 198 g/mol. The molecule has 2 atom stereocenters. The van der Waals surface area contributed by atoms with E-state index in [1.807, 2.05) is 12.1 Å². The summed E-state index contributed by atoms with van der Waals surface area (Å²) < 4.78 is 5.86. The van der Waals surface area contributed by atoms with Crippen LogP contribution in [0, 0.1) is 17.2 Å². The Morgan fingerprint density at radius 1 is 1.31 bits per heavy atom. The Labute approximate surface area is 96.9 Å². The molecule has 0 aliphatic heterocycles. The third-order valence-electron chi connectivity index (χ3n) is 3.24. The van der Waals surface area contributed by atoms with Crippen molar-refractivity contribution in [2.24, 2.45) is 5.92 Å². The molecule has 1 aromatic carbocycles. The Hall–Kier alpha value is -1.49. The zero-order valence-corrected chi connectivity index (χ0v) is 9.65. The number of benzene rings is 1. The van der Waals surface area contributed by atoms with Crippen LogP contribution in [0.4, 0.5) is 0 Å². The Kier molecular flexibility index (Phi) is 3.46. The van der Waals surface area contributed by atoms with Crippen molar-refractivity contribution >= 4 is 0 Å². The Bertz CT molecular complexity index is 377. The maximum atomic E-state index is 8.97. The molecule has 0 spiro atoms. The van der Waals surface area contributed by atoms with Gasteiger partial charge in [0, 0.05) is 0 Å². The van der Waals surface area contributed by atoms with Gasteiger partial charge in [-0.15, -0.1) is 0 Å². The van der Waals surface area contributed by atoms with Crippen LogP contribution < -0.4 is 4.74 Å². The zero-order chi connectivity index (χ0) is 11.4. The van der Waals surface area contributed by atoms with Crippen LogP contribution in [0.15, 0.2) is 24.3 Å². The molecule has 1 fully saturated rings. The molecule has 2 unspecified atom stereocenters. The van der Waals surface area contributed by atoms with Crippen molar-refractivity contribution in [3.05, 3.63) is 29.8 Å². The number of aryl methyl sites for hydroxylation is 1. The quantitative estimate of drug-likeness (QED) is 0.774. The van der Waals surface area contributed by atoms with E-state index in [9.17, 15) is 0 Å². The number of hydrogen-bond donors (Lipinski definition) is 0. The molecule has 1 saturated carbocycles. The smallest absolute Gasteiger partial charge is 0.119 e. The molecule has 2 rings (SSSR count). The summed E-state index contributed by atoms with van der Waals surface area (Å²) in [6, 6.07) is 10.5. The van der Waals surface area contributed by atoms with Crippen LogP contribution in [0.2, 0.25) is 0 Å². The number of nitriles is 1. The zero-order valence-electron chi connectivity index (χ0n) is 9.65. The van der Waals surface area contributed by atoms with Crippen LogP contribution >= 0.6 is 0 Å². The monoisotopic (exact) mass is 215 g/mol. The van der Waals surface area contributed by atoms with Gasteiger partial charge in [-0.3, -0.25) is 0 Å². The van der Waals surface area contributed by atoms with Gasteiger partial charge in [0.15, 0.2) is 0 Å². The molecule has 0 heterocycles. The van der Waals surface area contributed by atoms with Crippen molar-refractivity contribution in [3.8, 4) is 11.8 Å². The van der Waals surface area contributed by atoms with Gasteiger partial charge in [0.1, 0.15) is 11.9 Å².